The van der Waals surface area contributed by atoms with Crippen LogP contribution in [0.15, 0.2) is 6.07 Å². The van der Waals surface area contributed by atoms with Gasteiger partial charge in [0.25, 0.3) is 0 Å². The molecule has 0 aliphatic heterocycles. The zero-order valence-electron chi connectivity index (χ0n) is 9.49. The monoisotopic (exact) mass is 206 g/mol. The van der Waals surface area contributed by atoms with Gasteiger partial charge < -0.3 is 0 Å². The van der Waals surface area contributed by atoms with Gasteiger partial charge in [-0.3, -0.25) is 9.48 Å². The first-order valence-corrected chi connectivity index (χ1v) is 5.74. The van der Waals surface area contributed by atoms with Crippen molar-refractivity contribution in [2.45, 2.75) is 46.1 Å². The number of hydrogen-bond donors (Lipinski definition) is 0. The maximum absolute atomic E-state index is 11.2. The van der Waals surface area contributed by atoms with Crippen LogP contribution in [0.4, 0.5) is 0 Å². The topological polar surface area (TPSA) is 34.9 Å². The number of Topliss-reactive ketones (excluding diaryl/α,β-unsaturated/α-hetero) is 1. The van der Waals surface area contributed by atoms with Gasteiger partial charge in [0.2, 0.25) is 0 Å². The summed E-state index contributed by atoms with van der Waals surface area (Å²) in [5, 5.41) is 4.42. The van der Waals surface area contributed by atoms with Gasteiger partial charge in [-0.1, -0.05) is 0 Å². The van der Waals surface area contributed by atoms with Crippen molar-refractivity contribution in [3.05, 3.63) is 17.5 Å². The Morgan fingerprint density at radius 1 is 1.60 bits per heavy atom. The van der Waals surface area contributed by atoms with Gasteiger partial charge >= 0.3 is 0 Å². The highest BCUT2D eigenvalue weighted by atomic mass is 16.1. The summed E-state index contributed by atoms with van der Waals surface area (Å²) in [5.74, 6) is 0.984. The van der Waals surface area contributed by atoms with Crippen molar-refractivity contribution in [1.29, 1.82) is 0 Å². The van der Waals surface area contributed by atoms with Gasteiger partial charge in [-0.15, -0.1) is 0 Å². The molecule has 1 aliphatic carbocycles. The minimum Gasteiger partial charge on any atom is -0.300 e. The number of carbonyl (C=O) groups excluding carboxylic acids is 1. The second-order valence-corrected chi connectivity index (χ2v) is 4.44. The van der Waals surface area contributed by atoms with Crippen LogP contribution in [-0.4, -0.2) is 15.6 Å². The van der Waals surface area contributed by atoms with E-state index in [2.05, 4.69) is 22.8 Å². The van der Waals surface area contributed by atoms with Gasteiger partial charge in [0.05, 0.1) is 5.69 Å². The molecule has 0 saturated heterocycles. The highest BCUT2D eigenvalue weighted by Crippen LogP contribution is 2.25. The van der Waals surface area contributed by atoms with E-state index in [0.29, 0.717) is 11.7 Å². The fraction of sp³-hybridized carbons (Fsp3) is 0.667. The van der Waals surface area contributed by atoms with Crippen molar-refractivity contribution in [1.82, 2.24) is 9.78 Å². The lowest BCUT2D eigenvalue weighted by Gasteiger charge is -2.09. The summed E-state index contributed by atoms with van der Waals surface area (Å²) in [7, 11) is 0. The lowest BCUT2D eigenvalue weighted by atomic mass is 10.0. The largest absolute Gasteiger partial charge is 0.300 e. The zero-order chi connectivity index (χ0) is 10.8. The molecule has 0 spiro atoms. The molecule has 1 aromatic heterocycles. The summed E-state index contributed by atoms with van der Waals surface area (Å²) in [6.07, 6.45) is 3.63. The van der Waals surface area contributed by atoms with E-state index in [1.54, 1.807) is 0 Å². The molecule has 3 heteroatoms. The van der Waals surface area contributed by atoms with Crippen LogP contribution >= 0.6 is 0 Å². The van der Waals surface area contributed by atoms with Crippen molar-refractivity contribution < 1.29 is 4.79 Å². The third-order valence-electron chi connectivity index (χ3n) is 3.13. The second-order valence-electron chi connectivity index (χ2n) is 4.44. The Morgan fingerprint density at radius 3 is 3.00 bits per heavy atom. The number of aromatic nitrogens is 2. The molecule has 0 bridgehead atoms. The Labute approximate surface area is 90.5 Å². The molecule has 1 aliphatic rings. The normalized spacial score (nSPS) is 21.2. The summed E-state index contributed by atoms with van der Waals surface area (Å²) in [5.41, 5.74) is 2.37. The Hall–Kier alpha value is -1.12. The maximum Gasteiger partial charge on any atom is 0.133 e. The minimum atomic E-state index is 0.430. The number of nitrogens with zero attached hydrogens (tertiary/aromatic N) is 2. The van der Waals surface area contributed by atoms with Crippen molar-refractivity contribution in [3.63, 3.8) is 0 Å². The lowest BCUT2D eigenvalue weighted by Crippen LogP contribution is -2.07. The smallest absolute Gasteiger partial charge is 0.133 e. The Morgan fingerprint density at radius 2 is 2.40 bits per heavy atom. The maximum atomic E-state index is 11.2. The molecule has 3 nitrogen and oxygen atoms in total. The average Bonchev–Trinajstić information content (AvgIpc) is 2.73. The molecule has 1 aromatic rings. The molecule has 1 unspecified atom stereocenters. The predicted molar refractivity (Wildman–Crippen MR) is 58.7 cm³/mol. The Kier molecular flexibility index (Phi) is 2.89. The molecule has 2 rings (SSSR count). The highest BCUT2D eigenvalue weighted by Gasteiger charge is 2.23. The zero-order valence-corrected chi connectivity index (χ0v) is 9.49. The fourth-order valence-corrected chi connectivity index (χ4v) is 2.40. The summed E-state index contributed by atoms with van der Waals surface area (Å²) in [6.45, 7) is 5.05. The molecular formula is C12H18N2O. The number of hydrogen-bond acceptors (Lipinski definition) is 2. The van der Waals surface area contributed by atoms with Crippen molar-refractivity contribution in [3.8, 4) is 0 Å². The molecule has 15 heavy (non-hydrogen) atoms. The molecule has 0 N–H and O–H groups in total. The van der Waals surface area contributed by atoms with E-state index in [9.17, 15) is 4.79 Å². The summed E-state index contributed by atoms with van der Waals surface area (Å²) in [4.78, 5) is 11.2. The van der Waals surface area contributed by atoms with Gasteiger partial charge in [0.15, 0.2) is 0 Å². The van der Waals surface area contributed by atoms with Gasteiger partial charge in [-0.25, -0.2) is 0 Å². The number of ketones is 1. The van der Waals surface area contributed by atoms with Crippen LogP contribution in [-0.2, 0) is 17.8 Å². The van der Waals surface area contributed by atoms with Crippen LogP contribution < -0.4 is 0 Å². The molecule has 0 radical (unpaired) electrons. The molecule has 1 fully saturated rings. The van der Waals surface area contributed by atoms with E-state index in [4.69, 9.17) is 0 Å². The van der Waals surface area contributed by atoms with E-state index in [1.165, 1.54) is 5.69 Å². The molecule has 0 aromatic carbocycles. The summed E-state index contributed by atoms with van der Waals surface area (Å²) in [6, 6.07) is 2.15. The third kappa shape index (κ3) is 2.28. The number of aryl methyl sites for hydroxylation is 2. The first-order valence-electron chi connectivity index (χ1n) is 5.74. The van der Waals surface area contributed by atoms with E-state index in [1.807, 2.05) is 6.92 Å². The third-order valence-corrected chi connectivity index (χ3v) is 3.13. The quantitative estimate of drug-likeness (QED) is 0.759. The molecule has 1 saturated carbocycles. The average molecular weight is 206 g/mol. The van der Waals surface area contributed by atoms with Crippen LogP contribution in [0.25, 0.3) is 0 Å². The SMILES string of the molecule is CCn1nc(C)cc1CC1CCC(=O)C1. The van der Waals surface area contributed by atoms with Gasteiger partial charge in [-0.05, 0) is 38.7 Å². The molecule has 1 heterocycles. The van der Waals surface area contributed by atoms with Crippen LogP contribution in [0.3, 0.4) is 0 Å². The molecular weight excluding hydrogens is 188 g/mol. The highest BCUT2D eigenvalue weighted by molar-refractivity contribution is 5.80. The molecule has 1 atom stereocenters. The predicted octanol–water partition coefficient (Wildman–Crippen LogP) is 2.12. The van der Waals surface area contributed by atoms with Gasteiger partial charge in [0, 0.05) is 25.1 Å². The van der Waals surface area contributed by atoms with Crippen molar-refractivity contribution in [2.75, 3.05) is 0 Å². The summed E-state index contributed by atoms with van der Waals surface area (Å²) < 4.78 is 2.05. The van der Waals surface area contributed by atoms with E-state index in [0.717, 1.165) is 37.9 Å². The van der Waals surface area contributed by atoms with Crippen molar-refractivity contribution >= 4 is 5.78 Å². The van der Waals surface area contributed by atoms with E-state index >= 15 is 0 Å². The van der Waals surface area contributed by atoms with Crippen LogP contribution in [0, 0.1) is 12.8 Å². The minimum absolute atomic E-state index is 0.430. The van der Waals surface area contributed by atoms with Crippen LogP contribution in [0.5, 0.6) is 0 Å². The van der Waals surface area contributed by atoms with Crippen LogP contribution in [0.1, 0.15) is 37.6 Å². The first-order chi connectivity index (χ1) is 7.19. The van der Waals surface area contributed by atoms with Gasteiger partial charge in [-0.2, -0.15) is 5.10 Å². The Bertz CT molecular complexity index is 368. The molecule has 82 valence electrons. The Balaban J connectivity index is 2.06. The summed E-state index contributed by atoms with van der Waals surface area (Å²) >= 11 is 0. The van der Waals surface area contributed by atoms with Crippen LogP contribution in [0.2, 0.25) is 0 Å². The van der Waals surface area contributed by atoms with Gasteiger partial charge in [0.1, 0.15) is 5.78 Å². The standard InChI is InChI=1S/C12H18N2O/c1-3-14-11(6-9(2)13-14)7-10-4-5-12(15)8-10/h6,10H,3-5,7-8H2,1-2H3. The number of carbonyl (C=O) groups is 1. The van der Waals surface area contributed by atoms with E-state index in [-0.39, 0.29) is 0 Å². The first kappa shape index (κ1) is 10.4. The molecule has 0 amide bonds. The lowest BCUT2D eigenvalue weighted by molar-refractivity contribution is -0.117. The van der Waals surface area contributed by atoms with Crippen molar-refractivity contribution in [2.24, 2.45) is 5.92 Å². The fourth-order valence-electron chi connectivity index (χ4n) is 2.40. The number of rotatable bonds is 3. The second kappa shape index (κ2) is 4.17. The van der Waals surface area contributed by atoms with E-state index < -0.39 is 0 Å².